The van der Waals surface area contributed by atoms with E-state index in [0.717, 1.165) is 11.1 Å². The summed E-state index contributed by atoms with van der Waals surface area (Å²) < 4.78 is 4.93. The second-order valence-corrected chi connectivity index (χ2v) is 5.98. The lowest BCUT2D eigenvalue weighted by atomic mass is 9.84. The van der Waals surface area contributed by atoms with Gasteiger partial charge in [0, 0.05) is 0 Å². The average Bonchev–Trinajstić information content (AvgIpc) is 2.93. The van der Waals surface area contributed by atoms with E-state index in [1.54, 1.807) is 0 Å². The number of hydroxylamine groups is 1. The van der Waals surface area contributed by atoms with E-state index in [1.165, 1.54) is 0 Å². The number of esters is 1. The Morgan fingerprint density at radius 1 is 1.12 bits per heavy atom. The van der Waals surface area contributed by atoms with E-state index in [4.69, 9.17) is 9.57 Å². The number of carbonyl (C=O) groups is 2. The molecular weight excluding hydrogens is 322 g/mol. The second kappa shape index (κ2) is 7.46. The second-order valence-electron chi connectivity index (χ2n) is 5.98. The molecule has 6 nitrogen and oxygen atoms in total. The highest BCUT2D eigenvalue weighted by Crippen LogP contribution is 2.30. The van der Waals surface area contributed by atoms with Gasteiger partial charge in [0.05, 0.1) is 6.61 Å². The van der Waals surface area contributed by atoms with E-state index in [0.29, 0.717) is 0 Å². The zero-order valence-electron chi connectivity index (χ0n) is 13.6. The minimum atomic E-state index is -1.95. The normalized spacial score (nSPS) is 22.4. The van der Waals surface area contributed by atoms with Crippen molar-refractivity contribution in [2.45, 2.75) is 18.6 Å². The van der Waals surface area contributed by atoms with Crippen molar-refractivity contribution in [3.63, 3.8) is 0 Å². The molecular formula is C19H19NO5. The van der Waals surface area contributed by atoms with Gasteiger partial charge in [-0.2, -0.15) is 0 Å². The molecule has 2 aromatic carbocycles. The van der Waals surface area contributed by atoms with Crippen LogP contribution in [0.3, 0.4) is 0 Å². The van der Waals surface area contributed by atoms with Crippen LogP contribution in [0.2, 0.25) is 0 Å². The minimum Gasteiger partial charge on any atom is -0.462 e. The highest BCUT2D eigenvalue weighted by Gasteiger charge is 2.54. The summed E-state index contributed by atoms with van der Waals surface area (Å²) >= 11 is 0. The number of hydrogen-bond acceptors (Lipinski definition) is 5. The third kappa shape index (κ3) is 3.87. The number of cyclic esters (lactones) is 1. The predicted molar refractivity (Wildman–Crippen MR) is 88.9 cm³/mol. The molecule has 1 heterocycles. The third-order valence-electron chi connectivity index (χ3n) is 4.22. The lowest BCUT2D eigenvalue weighted by Gasteiger charge is -2.24. The Balaban J connectivity index is 1.63. The van der Waals surface area contributed by atoms with Gasteiger partial charge in [-0.1, -0.05) is 60.7 Å². The Hall–Kier alpha value is -2.70. The molecule has 0 aliphatic carbocycles. The lowest BCUT2D eigenvalue weighted by Crippen LogP contribution is -2.53. The standard InChI is InChI=1S/C19H19NO5/c21-17-16(11-14-7-3-1-4-8-14)19(23,13-24-17)18(22)20-25-12-15-9-5-2-6-10-15/h1-10,16,23H,11-13H2,(H,20,22)/t16-,19+/m0/s1. The minimum absolute atomic E-state index is 0.154. The SMILES string of the molecule is O=C1OC[C@](O)(C(=O)NOCc2ccccc2)[C@H]1Cc1ccccc1. The predicted octanol–water partition coefficient (Wildman–Crippen LogP) is 1.38. The van der Waals surface area contributed by atoms with Crippen molar-refractivity contribution in [1.82, 2.24) is 5.48 Å². The summed E-state index contributed by atoms with van der Waals surface area (Å²) in [5, 5.41) is 10.7. The molecule has 0 bridgehead atoms. The molecule has 1 fully saturated rings. The molecule has 2 atom stereocenters. The van der Waals surface area contributed by atoms with Crippen LogP contribution in [0.5, 0.6) is 0 Å². The molecule has 2 aromatic rings. The molecule has 6 heteroatoms. The Kier molecular flexibility index (Phi) is 5.11. The van der Waals surface area contributed by atoms with Crippen LogP contribution in [-0.2, 0) is 32.2 Å². The Morgan fingerprint density at radius 2 is 1.72 bits per heavy atom. The van der Waals surface area contributed by atoms with Gasteiger partial charge < -0.3 is 9.84 Å². The van der Waals surface area contributed by atoms with Crippen LogP contribution >= 0.6 is 0 Å². The van der Waals surface area contributed by atoms with Crippen molar-refractivity contribution in [1.29, 1.82) is 0 Å². The van der Waals surface area contributed by atoms with E-state index in [-0.39, 0.29) is 19.6 Å². The molecule has 0 radical (unpaired) electrons. The fraction of sp³-hybridized carbons (Fsp3) is 0.263. The zero-order chi connectivity index (χ0) is 17.7. The summed E-state index contributed by atoms with van der Waals surface area (Å²) in [6, 6.07) is 18.5. The quantitative estimate of drug-likeness (QED) is 0.612. The molecule has 1 saturated heterocycles. The van der Waals surface area contributed by atoms with E-state index >= 15 is 0 Å². The van der Waals surface area contributed by atoms with Gasteiger partial charge >= 0.3 is 5.97 Å². The van der Waals surface area contributed by atoms with Gasteiger partial charge in [-0.15, -0.1) is 0 Å². The first-order valence-electron chi connectivity index (χ1n) is 7.99. The maximum atomic E-state index is 12.4. The van der Waals surface area contributed by atoms with Gasteiger partial charge in [0.1, 0.15) is 12.5 Å². The van der Waals surface area contributed by atoms with Crippen LogP contribution in [-0.4, -0.2) is 29.2 Å². The van der Waals surface area contributed by atoms with Crippen LogP contribution in [0.4, 0.5) is 0 Å². The summed E-state index contributed by atoms with van der Waals surface area (Å²) in [7, 11) is 0. The number of ether oxygens (including phenoxy) is 1. The van der Waals surface area contributed by atoms with Crippen LogP contribution in [0.15, 0.2) is 60.7 Å². The molecule has 130 valence electrons. The van der Waals surface area contributed by atoms with Crippen LogP contribution in [0.1, 0.15) is 11.1 Å². The largest absolute Gasteiger partial charge is 0.462 e. The van der Waals surface area contributed by atoms with Gasteiger partial charge in [-0.25, -0.2) is 5.48 Å². The first-order chi connectivity index (χ1) is 12.1. The summed E-state index contributed by atoms with van der Waals surface area (Å²) in [5.41, 5.74) is 1.98. The lowest BCUT2D eigenvalue weighted by molar-refractivity contribution is -0.158. The smallest absolute Gasteiger partial charge is 0.313 e. The van der Waals surface area contributed by atoms with E-state index in [2.05, 4.69) is 5.48 Å². The number of carbonyl (C=O) groups excluding carboxylic acids is 2. The monoisotopic (exact) mass is 341 g/mol. The Labute approximate surface area is 145 Å². The highest BCUT2D eigenvalue weighted by atomic mass is 16.7. The van der Waals surface area contributed by atoms with Gasteiger partial charge in [0.15, 0.2) is 5.60 Å². The third-order valence-corrected chi connectivity index (χ3v) is 4.22. The number of amides is 1. The summed E-state index contributed by atoms with van der Waals surface area (Å²) in [5.74, 6) is -2.35. The van der Waals surface area contributed by atoms with Crippen molar-refractivity contribution in [2.24, 2.45) is 5.92 Å². The molecule has 1 aliphatic heterocycles. The van der Waals surface area contributed by atoms with Crippen molar-refractivity contribution < 1.29 is 24.3 Å². The topological polar surface area (TPSA) is 84.9 Å². The molecule has 0 aromatic heterocycles. The van der Waals surface area contributed by atoms with Crippen LogP contribution < -0.4 is 5.48 Å². The van der Waals surface area contributed by atoms with Crippen molar-refractivity contribution in [2.75, 3.05) is 6.61 Å². The van der Waals surface area contributed by atoms with Crippen molar-refractivity contribution in [3.8, 4) is 0 Å². The van der Waals surface area contributed by atoms with E-state index < -0.39 is 23.4 Å². The molecule has 0 saturated carbocycles. The number of benzene rings is 2. The molecule has 1 amide bonds. The first kappa shape index (κ1) is 17.1. The summed E-state index contributed by atoms with van der Waals surface area (Å²) in [6.07, 6.45) is 0.211. The first-order valence-corrected chi connectivity index (χ1v) is 7.99. The Morgan fingerprint density at radius 3 is 2.36 bits per heavy atom. The van der Waals surface area contributed by atoms with Crippen LogP contribution in [0, 0.1) is 5.92 Å². The van der Waals surface area contributed by atoms with Gasteiger partial charge in [0.25, 0.3) is 5.91 Å². The number of nitrogens with one attached hydrogen (secondary N) is 1. The zero-order valence-corrected chi connectivity index (χ0v) is 13.6. The Bertz CT molecular complexity index is 734. The molecule has 0 unspecified atom stereocenters. The number of rotatable bonds is 6. The summed E-state index contributed by atoms with van der Waals surface area (Å²) in [6.45, 7) is -0.231. The molecule has 2 N–H and O–H groups in total. The van der Waals surface area contributed by atoms with E-state index in [9.17, 15) is 14.7 Å². The highest BCUT2D eigenvalue weighted by molar-refractivity contribution is 5.93. The fourth-order valence-corrected chi connectivity index (χ4v) is 2.75. The molecule has 25 heavy (non-hydrogen) atoms. The van der Waals surface area contributed by atoms with Crippen molar-refractivity contribution >= 4 is 11.9 Å². The van der Waals surface area contributed by atoms with Gasteiger partial charge in [0.2, 0.25) is 0 Å². The average molecular weight is 341 g/mol. The van der Waals surface area contributed by atoms with Gasteiger partial charge in [-0.3, -0.25) is 14.4 Å². The molecule has 3 rings (SSSR count). The maximum absolute atomic E-state index is 12.4. The number of aliphatic hydroxyl groups is 1. The van der Waals surface area contributed by atoms with Crippen LogP contribution in [0.25, 0.3) is 0 Å². The van der Waals surface area contributed by atoms with E-state index in [1.807, 2.05) is 60.7 Å². The maximum Gasteiger partial charge on any atom is 0.313 e. The number of hydrogen-bond donors (Lipinski definition) is 2. The van der Waals surface area contributed by atoms with Crippen molar-refractivity contribution in [3.05, 3.63) is 71.8 Å². The summed E-state index contributed by atoms with van der Waals surface area (Å²) in [4.78, 5) is 29.5. The molecule has 0 spiro atoms. The fourth-order valence-electron chi connectivity index (χ4n) is 2.75. The van der Waals surface area contributed by atoms with Gasteiger partial charge in [-0.05, 0) is 17.5 Å². The molecule has 1 aliphatic rings.